The largest absolute Gasteiger partial charge is 0.478 e. The fourth-order valence-electron chi connectivity index (χ4n) is 1.18. The van der Waals surface area contributed by atoms with Crippen molar-refractivity contribution in [3.63, 3.8) is 0 Å². The first-order valence-electron chi connectivity index (χ1n) is 4.35. The molecule has 0 unspecified atom stereocenters. The standard InChI is InChI=1S/C11H13NO2/c1-8-4-5-9(3-2-6-12)7-10(8)11(13)14/h2-5,7H,6,12H2,1H3,(H,13,14). The van der Waals surface area contributed by atoms with Crippen molar-refractivity contribution in [3.8, 4) is 0 Å². The third-order valence-corrected chi connectivity index (χ3v) is 1.94. The number of hydrogen-bond acceptors (Lipinski definition) is 2. The Morgan fingerprint density at radius 1 is 1.57 bits per heavy atom. The van der Waals surface area contributed by atoms with Crippen LogP contribution in [0.25, 0.3) is 6.08 Å². The van der Waals surface area contributed by atoms with Crippen LogP contribution in [0.1, 0.15) is 21.5 Å². The Morgan fingerprint density at radius 3 is 2.86 bits per heavy atom. The van der Waals surface area contributed by atoms with Gasteiger partial charge in [0.05, 0.1) is 5.56 Å². The van der Waals surface area contributed by atoms with Crippen molar-refractivity contribution in [1.82, 2.24) is 0 Å². The summed E-state index contributed by atoms with van der Waals surface area (Å²) in [5, 5.41) is 8.87. The SMILES string of the molecule is Cc1ccc(C=CCN)cc1C(=O)O. The Hall–Kier alpha value is -1.61. The molecule has 0 spiro atoms. The number of benzene rings is 1. The zero-order valence-corrected chi connectivity index (χ0v) is 8.03. The molecule has 0 bridgehead atoms. The van der Waals surface area contributed by atoms with E-state index in [2.05, 4.69) is 0 Å². The summed E-state index contributed by atoms with van der Waals surface area (Å²) in [6.07, 6.45) is 3.60. The molecule has 14 heavy (non-hydrogen) atoms. The number of carboxylic acid groups (broad SMARTS) is 1. The molecule has 1 rings (SSSR count). The van der Waals surface area contributed by atoms with Gasteiger partial charge in [-0.1, -0.05) is 24.3 Å². The molecule has 74 valence electrons. The van der Waals surface area contributed by atoms with Gasteiger partial charge in [-0.05, 0) is 24.1 Å². The van der Waals surface area contributed by atoms with Crippen molar-refractivity contribution in [2.75, 3.05) is 6.54 Å². The second-order valence-corrected chi connectivity index (χ2v) is 3.02. The van der Waals surface area contributed by atoms with Crippen molar-refractivity contribution in [3.05, 3.63) is 41.0 Å². The van der Waals surface area contributed by atoms with Gasteiger partial charge in [0.15, 0.2) is 0 Å². The zero-order valence-electron chi connectivity index (χ0n) is 8.03. The van der Waals surface area contributed by atoms with Crippen LogP contribution in [-0.2, 0) is 0 Å². The maximum absolute atomic E-state index is 10.8. The van der Waals surface area contributed by atoms with Crippen LogP contribution in [0.5, 0.6) is 0 Å². The first-order valence-corrected chi connectivity index (χ1v) is 4.35. The Morgan fingerprint density at radius 2 is 2.29 bits per heavy atom. The highest BCUT2D eigenvalue weighted by Crippen LogP contribution is 2.12. The van der Waals surface area contributed by atoms with Gasteiger partial charge in [-0.3, -0.25) is 0 Å². The summed E-state index contributed by atoms with van der Waals surface area (Å²) in [7, 11) is 0. The lowest BCUT2D eigenvalue weighted by Crippen LogP contribution is -1.99. The summed E-state index contributed by atoms with van der Waals surface area (Å²) < 4.78 is 0. The van der Waals surface area contributed by atoms with Crippen LogP contribution in [0.15, 0.2) is 24.3 Å². The molecule has 0 amide bonds. The van der Waals surface area contributed by atoms with E-state index in [9.17, 15) is 4.79 Å². The van der Waals surface area contributed by atoms with Crippen LogP contribution >= 0.6 is 0 Å². The minimum Gasteiger partial charge on any atom is -0.478 e. The van der Waals surface area contributed by atoms with Gasteiger partial charge in [0.2, 0.25) is 0 Å². The summed E-state index contributed by atoms with van der Waals surface area (Å²) in [6, 6.07) is 5.30. The number of carboxylic acids is 1. The van der Waals surface area contributed by atoms with Gasteiger partial charge in [0, 0.05) is 6.54 Å². The molecule has 0 aromatic heterocycles. The second kappa shape index (κ2) is 4.58. The van der Waals surface area contributed by atoms with Gasteiger partial charge < -0.3 is 10.8 Å². The van der Waals surface area contributed by atoms with Crippen LogP contribution in [0.3, 0.4) is 0 Å². The van der Waals surface area contributed by atoms with Gasteiger partial charge in [-0.15, -0.1) is 0 Å². The van der Waals surface area contributed by atoms with E-state index < -0.39 is 5.97 Å². The minimum atomic E-state index is -0.898. The molecule has 3 nitrogen and oxygen atoms in total. The fourth-order valence-corrected chi connectivity index (χ4v) is 1.18. The zero-order chi connectivity index (χ0) is 10.6. The van der Waals surface area contributed by atoms with Crippen LogP contribution in [0, 0.1) is 6.92 Å². The predicted octanol–water partition coefficient (Wildman–Crippen LogP) is 1.67. The highest BCUT2D eigenvalue weighted by molar-refractivity contribution is 5.90. The molecule has 3 heteroatoms. The van der Waals surface area contributed by atoms with Crippen molar-refractivity contribution in [2.45, 2.75) is 6.92 Å². The first-order chi connectivity index (χ1) is 6.65. The van der Waals surface area contributed by atoms with Gasteiger partial charge in [-0.2, -0.15) is 0 Å². The Kier molecular flexibility index (Phi) is 3.42. The summed E-state index contributed by atoms with van der Waals surface area (Å²) in [4.78, 5) is 10.8. The van der Waals surface area contributed by atoms with E-state index >= 15 is 0 Å². The van der Waals surface area contributed by atoms with Crippen molar-refractivity contribution < 1.29 is 9.90 Å². The van der Waals surface area contributed by atoms with E-state index in [1.54, 1.807) is 25.1 Å². The van der Waals surface area contributed by atoms with Crippen LogP contribution in [-0.4, -0.2) is 17.6 Å². The number of nitrogens with two attached hydrogens (primary N) is 1. The number of rotatable bonds is 3. The Labute approximate surface area is 82.9 Å². The first kappa shape index (κ1) is 10.5. The summed E-state index contributed by atoms with van der Waals surface area (Å²) in [5.41, 5.74) is 7.26. The van der Waals surface area contributed by atoms with Crippen LogP contribution in [0.4, 0.5) is 0 Å². The molecular weight excluding hydrogens is 178 g/mol. The van der Waals surface area contributed by atoms with E-state index in [-0.39, 0.29) is 0 Å². The summed E-state index contributed by atoms with van der Waals surface area (Å²) in [5.74, 6) is -0.898. The molecule has 0 atom stereocenters. The molecule has 0 aliphatic carbocycles. The third kappa shape index (κ3) is 2.44. The average Bonchev–Trinajstić information content (AvgIpc) is 2.16. The van der Waals surface area contributed by atoms with E-state index in [0.717, 1.165) is 11.1 Å². The lowest BCUT2D eigenvalue weighted by Gasteiger charge is -2.01. The smallest absolute Gasteiger partial charge is 0.335 e. The lowest BCUT2D eigenvalue weighted by molar-refractivity contribution is 0.0696. The van der Waals surface area contributed by atoms with Crippen molar-refractivity contribution in [2.24, 2.45) is 5.73 Å². The van der Waals surface area contributed by atoms with Gasteiger partial charge in [-0.25, -0.2) is 4.79 Å². The molecule has 0 heterocycles. The van der Waals surface area contributed by atoms with Crippen LogP contribution < -0.4 is 5.73 Å². The highest BCUT2D eigenvalue weighted by Gasteiger charge is 2.05. The quantitative estimate of drug-likeness (QED) is 0.763. The second-order valence-electron chi connectivity index (χ2n) is 3.02. The summed E-state index contributed by atoms with van der Waals surface area (Å²) in [6.45, 7) is 2.23. The van der Waals surface area contributed by atoms with E-state index in [4.69, 9.17) is 10.8 Å². The Bertz CT molecular complexity index is 370. The van der Waals surface area contributed by atoms with Crippen molar-refractivity contribution in [1.29, 1.82) is 0 Å². The van der Waals surface area contributed by atoms with Gasteiger partial charge in [0.25, 0.3) is 0 Å². The molecule has 0 saturated carbocycles. The van der Waals surface area contributed by atoms with E-state index in [0.29, 0.717) is 12.1 Å². The fraction of sp³-hybridized carbons (Fsp3) is 0.182. The molecular formula is C11H13NO2. The molecule has 0 saturated heterocycles. The molecule has 1 aromatic rings. The number of aryl methyl sites for hydroxylation is 1. The third-order valence-electron chi connectivity index (χ3n) is 1.94. The number of aromatic carboxylic acids is 1. The molecule has 0 aliphatic rings. The molecule has 1 aromatic carbocycles. The van der Waals surface area contributed by atoms with Gasteiger partial charge >= 0.3 is 5.97 Å². The molecule has 0 aliphatic heterocycles. The predicted molar refractivity (Wildman–Crippen MR) is 56.2 cm³/mol. The van der Waals surface area contributed by atoms with Crippen molar-refractivity contribution >= 4 is 12.0 Å². The Balaban J connectivity index is 3.06. The molecule has 3 N–H and O–H groups in total. The molecule has 0 fully saturated rings. The minimum absolute atomic E-state index is 0.337. The lowest BCUT2D eigenvalue weighted by atomic mass is 10.0. The molecule has 0 radical (unpaired) electrons. The van der Waals surface area contributed by atoms with E-state index in [1.807, 2.05) is 12.1 Å². The monoisotopic (exact) mass is 191 g/mol. The normalized spacial score (nSPS) is 10.7. The maximum Gasteiger partial charge on any atom is 0.335 e. The van der Waals surface area contributed by atoms with Crippen LogP contribution in [0.2, 0.25) is 0 Å². The average molecular weight is 191 g/mol. The number of hydrogen-bond donors (Lipinski definition) is 2. The topological polar surface area (TPSA) is 63.3 Å². The number of carbonyl (C=O) groups is 1. The maximum atomic E-state index is 10.8. The summed E-state index contributed by atoms with van der Waals surface area (Å²) >= 11 is 0. The van der Waals surface area contributed by atoms with E-state index in [1.165, 1.54) is 0 Å². The van der Waals surface area contributed by atoms with Gasteiger partial charge in [0.1, 0.15) is 0 Å². The highest BCUT2D eigenvalue weighted by atomic mass is 16.4.